The van der Waals surface area contributed by atoms with E-state index in [1.54, 1.807) is 0 Å². The van der Waals surface area contributed by atoms with Crippen LogP contribution in [-0.4, -0.2) is 18.9 Å². The molecule has 0 bridgehead atoms. The number of hydrogen-bond donors (Lipinski definition) is 0. The Kier molecular flexibility index (Phi) is 5.20. The van der Waals surface area contributed by atoms with Gasteiger partial charge in [0.05, 0.1) is 5.57 Å². The second-order valence-electron chi connectivity index (χ2n) is 3.24. The minimum Gasteiger partial charge on any atom is -0.292 e. The predicted octanol–water partition coefficient (Wildman–Crippen LogP) is 3.39. The molecule has 0 heterocycles. The summed E-state index contributed by atoms with van der Waals surface area (Å²) in [4.78, 5) is 3.70. The van der Waals surface area contributed by atoms with E-state index in [1.807, 2.05) is 13.8 Å². The second-order valence-corrected chi connectivity index (χ2v) is 3.24. The highest BCUT2D eigenvalue weighted by Crippen LogP contribution is 2.24. The third kappa shape index (κ3) is 5.56. The van der Waals surface area contributed by atoms with Crippen molar-refractivity contribution in [2.75, 3.05) is 6.54 Å². The first-order valence-corrected chi connectivity index (χ1v) is 4.27. The monoisotopic (exact) mass is 205 g/mol. The Bertz CT molecular complexity index is 236. The van der Waals surface area contributed by atoms with Crippen LogP contribution in [0, 0.1) is 5.92 Å². The van der Waals surface area contributed by atoms with Crippen molar-refractivity contribution in [3.8, 4) is 0 Å². The van der Waals surface area contributed by atoms with Crippen LogP contribution in [0.5, 0.6) is 0 Å². The zero-order chi connectivity index (χ0) is 11.2. The number of nitrogens with zero attached hydrogens (tertiary/aromatic N) is 1. The number of hydrogen-bond acceptors (Lipinski definition) is 1. The van der Waals surface area contributed by atoms with Gasteiger partial charge < -0.3 is 0 Å². The topological polar surface area (TPSA) is 12.4 Å². The van der Waals surface area contributed by atoms with Gasteiger partial charge in [0.1, 0.15) is 0 Å². The summed E-state index contributed by atoms with van der Waals surface area (Å²) in [5.41, 5.74) is -0.770. The zero-order valence-electron chi connectivity index (χ0n) is 8.30. The van der Waals surface area contributed by atoms with Gasteiger partial charge in [-0.15, -0.1) is 0 Å². The van der Waals surface area contributed by atoms with Crippen LogP contribution in [0.25, 0.3) is 0 Å². The molecule has 0 aliphatic carbocycles. The molecule has 0 N–H and O–H groups in total. The van der Waals surface area contributed by atoms with Crippen molar-refractivity contribution in [1.82, 2.24) is 0 Å². The molecule has 4 heteroatoms. The molecule has 14 heavy (non-hydrogen) atoms. The molecule has 0 spiro atoms. The fourth-order valence-electron chi connectivity index (χ4n) is 0.700. The Labute approximate surface area is 82.0 Å². The fourth-order valence-corrected chi connectivity index (χ4v) is 0.700. The molecule has 0 amide bonds. The van der Waals surface area contributed by atoms with Gasteiger partial charge in [-0.3, -0.25) is 4.99 Å². The first kappa shape index (κ1) is 12.9. The number of rotatable bonds is 4. The molecular weight excluding hydrogens is 191 g/mol. The zero-order valence-corrected chi connectivity index (χ0v) is 8.30. The van der Waals surface area contributed by atoms with E-state index in [0.717, 1.165) is 18.4 Å². The van der Waals surface area contributed by atoms with Crippen molar-refractivity contribution in [2.45, 2.75) is 20.0 Å². The second kappa shape index (κ2) is 5.62. The van der Waals surface area contributed by atoms with Gasteiger partial charge in [0.2, 0.25) is 0 Å². The summed E-state index contributed by atoms with van der Waals surface area (Å²) in [6.45, 7) is 7.39. The molecule has 0 aromatic rings. The highest BCUT2D eigenvalue weighted by Gasteiger charge is 2.31. The number of allylic oxidation sites excluding steroid dienone is 3. The molecule has 0 aliphatic rings. The van der Waals surface area contributed by atoms with Gasteiger partial charge in [-0.25, -0.2) is 0 Å². The van der Waals surface area contributed by atoms with E-state index < -0.39 is 11.7 Å². The molecule has 0 saturated carbocycles. The molecule has 0 aromatic heterocycles. The number of aliphatic imine (C=N–C) groups is 1. The Morgan fingerprint density at radius 1 is 1.43 bits per heavy atom. The first-order valence-electron chi connectivity index (χ1n) is 4.27. The van der Waals surface area contributed by atoms with Gasteiger partial charge in [-0.05, 0) is 12.0 Å². The molecule has 0 atom stereocenters. The summed E-state index contributed by atoms with van der Waals surface area (Å²) < 4.78 is 36.7. The van der Waals surface area contributed by atoms with E-state index >= 15 is 0 Å². The molecule has 0 rings (SSSR count). The van der Waals surface area contributed by atoms with Crippen LogP contribution in [-0.2, 0) is 0 Å². The van der Waals surface area contributed by atoms with Crippen molar-refractivity contribution < 1.29 is 13.2 Å². The van der Waals surface area contributed by atoms with Gasteiger partial charge >= 0.3 is 6.18 Å². The minimum atomic E-state index is -4.35. The quantitative estimate of drug-likeness (QED) is 0.492. The standard InChI is InChI=1S/C10H14F3N/c1-4-5-9(10(11,12)13)7-14-6-8(2)3/h4-5,7-8H,1,6H2,2-3H3/b9-5+,14-7?. The van der Waals surface area contributed by atoms with Crippen LogP contribution in [0.1, 0.15) is 13.8 Å². The molecule has 0 saturated heterocycles. The maximum Gasteiger partial charge on any atom is 0.417 e. The molecular formula is C10H14F3N. The highest BCUT2D eigenvalue weighted by molar-refractivity contribution is 5.80. The Morgan fingerprint density at radius 2 is 2.00 bits per heavy atom. The molecule has 1 nitrogen and oxygen atoms in total. The number of halogens is 3. The van der Waals surface area contributed by atoms with E-state index in [1.165, 1.54) is 0 Å². The van der Waals surface area contributed by atoms with Gasteiger partial charge in [0.15, 0.2) is 0 Å². The molecule has 0 unspecified atom stereocenters. The summed E-state index contributed by atoms with van der Waals surface area (Å²) in [7, 11) is 0. The maximum absolute atomic E-state index is 12.2. The first-order chi connectivity index (χ1) is 6.38. The summed E-state index contributed by atoms with van der Waals surface area (Å²) in [6, 6.07) is 0. The van der Waals surface area contributed by atoms with Crippen molar-refractivity contribution in [3.05, 3.63) is 24.3 Å². The lowest BCUT2D eigenvalue weighted by Crippen LogP contribution is -2.13. The summed E-state index contributed by atoms with van der Waals surface area (Å²) in [5.74, 6) is 0.254. The molecule has 0 radical (unpaired) electrons. The lowest BCUT2D eigenvalue weighted by atomic mass is 10.2. The minimum absolute atomic E-state index is 0.254. The normalized spacial score (nSPS) is 14.0. The van der Waals surface area contributed by atoms with Crippen LogP contribution in [0.15, 0.2) is 29.3 Å². The largest absolute Gasteiger partial charge is 0.417 e. The van der Waals surface area contributed by atoms with E-state index in [9.17, 15) is 13.2 Å². The third-order valence-corrected chi connectivity index (χ3v) is 1.33. The maximum atomic E-state index is 12.2. The Balaban J connectivity index is 4.48. The third-order valence-electron chi connectivity index (χ3n) is 1.33. The Morgan fingerprint density at radius 3 is 2.36 bits per heavy atom. The summed E-state index contributed by atoms with van der Waals surface area (Å²) in [5, 5.41) is 0. The lowest BCUT2D eigenvalue weighted by Gasteiger charge is -2.06. The smallest absolute Gasteiger partial charge is 0.292 e. The van der Waals surface area contributed by atoms with Crippen LogP contribution >= 0.6 is 0 Å². The molecule has 0 aliphatic heterocycles. The van der Waals surface area contributed by atoms with Gasteiger partial charge in [0.25, 0.3) is 0 Å². The van der Waals surface area contributed by atoms with Crippen molar-refractivity contribution in [2.24, 2.45) is 10.9 Å². The predicted molar refractivity (Wildman–Crippen MR) is 52.5 cm³/mol. The van der Waals surface area contributed by atoms with Crippen LogP contribution < -0.4 is 0 Å². The van der Waals surface area contributed by atoms with E-state index in [2.05, 4.69) is 11.6 Å². The van der Waals surface area contributed by atoms with Gasteiger partial charge in [-0.2, -0.15) is 13.2 Å². The van der Waals surface area contributed by atoms with E-state index in [4.69, 9.17) is 0 Å². The average Bonchev–Trinajstić information content (AvgIpc) is 2.00. The van der Waals surface area contributed by atoms with Gasteiger partial charge in [0, 0.05) is 12.8 Å². The average molecular weight is 205 g/mol. The van der Waals surface area contributed by atoms with Crippen molar-refractivity contribution in [3.63, 3.8) is 0 Å². The fraction of sp³-hybridized carbons (Fsp3) is 0.500. The van der Waals surface area contributed by atoms with Crippen molar-refractivity contribution >= 4 is 6.21 Å². The van der Waals surface area contributed by atoms with Gasteiger partial charge in [-0.1, -0.05) is 26.5 Å². The SMILES string of the molecule is C=C/C=C(\C=NCC(C)C)C(F)(F)F. The Hall–Kier alpha value is -1.06. The van der Waals surface area contributed by atoms with E-state index in [-0.39, 0.29) is 5.92 Å². The highest BCUT2D eigenvalue weighted by atomic mass is 19.4. The molecule has 0 aromatic carbocycles. The lowest BCUT2D eigenvalue weighted by molar-refractivity contribution is -0.0856. The summed E-state index contributed by atoms with van der Waals surface area (Å²) >= 11 is 0. The van der Waals surface area contributed by atoms with E-state index in [0.29, 0.717) is 6.54 Å². The van der Waals surface area contributed by atoms with Crippen LogP contribution in [0.3, 0.4) is 0 Å². The number of alkyl halides is 3. The molecule has 0 fully saturated rings. The molecule has 80 valence electrons. The van der Waals surface area contributed by atoms with Crippen LogP contribution in [0.4, 0.5) is 13.2 Å². The van der Waals surface area contributed by atoms with Crippen LogP contribution in [0.2, 0.25) is 0 Å². The summed E-state index contributed by atoms with van der Waals surface area (Å²) in [6.07, 6.45) is -1.50. The van der Waals surface area contributed by atoms with Crippen molar-refractivity contribution in [1.29, 1.82) is 0 Å².